The van der Waals surface area contributed by atoms with E-state index in [0.29, 0.717) is 11.5 Å². The minimum Gasteiger partial charge on any atom is -0.507 e. The highest BCUT2D eigenvalue weighted by Gasteiger charge is 2.32. The summed E-state index contributed by atoms with van der Waals surface area (Å²) in [5.41, 5.74) is 13.2. The minimum absolute atomic E-state index is 0.197. The summed E-state index contributed by atoms with van der Waals surface area (Å²) in [7, 11) is 0. The zero-order valence-corrected chi connectivity index (χ0v) is 23.2. The predicted octanol–water partition coefficient (Wildman–Crippen LogP) is 8.22. The van der Waals surface area contributed by atoms with Crippen molar-refractivity contribution >= 4 is 0 Å². The van der Waals surface area contributed by atoms with Crippen molar-refractivity contribution in [1.29, 1.82) is 0 Å². The SMILES string of the molecule is Cc1c(C)c(C(C)(C)c2ccc(C(C)(C)c3c(C)c(C)c(O)c(C)c3C)cc2)c(C)c(C)c1O. The van der Waals surface area contributed by atoms with E-state index >= 15 is 0 Å². The fourth-order valence-electron chi connectivity index (χ4n) is 6.05. The Kier molecular flexibility index (Phi) is 6.46. The van der Waals surface area contributed by atoms with Gasteiger partial charge in [-0.3, -0.25) is 0 Å². The largest absolute Gasteiger partial charge is 0.507 e. The first-order valence-electron chi connectivity index (χ1n) is 12.3. The van der Waals surface area contributed by atoms with Gasteiger partial charge in [-0.25, -0.2) is 0 Å². The lowest BCUT2D eigenvalue weighted by atomic mass is 9.70. The van der Waals surface area contributed by atoms with Gasteiger partial charge in [0.05, 0.1) is 0 Å². The highest BCUT2D eigenvalue weighted by Crippen LogP contribution is 2.44. The summed E-state index contributed by atoms with van der Waals surface area (Å²) >= 11 is 0. The number of hydrogen-bond acceptors (Lipinski definition) is 2. The average Bonchev–Trinajstić information content (AvgIpc) is 2.78. The minimum atomic E-state index is -0.197. The van der Waals surface area contributed by atoms with Gasteiger partial charge in [-0.2, -0.15) is 0 Å². The van der Waals surface area contributed by atoms with Crippen LogP contribution in [0.5, 0.6) is 11.5 Å². The van der Waals surface area contributed by atoms with Gasteiger partial charge in [-0.1, -0.05) is 52.0 Å². The van der Waals surface area contributed by atoms with Crippen molar-refractivity contribution in [1.82, 2.24) is 0 Å². The molecule has 0 amide bonds. The Balaban J connectivity index is 2.14. The van der Waals surface area contributed by atoms with Gasteiger partial charge in [0.15, 0.2) is 0 Å². The second-order valence-corrected chi connectivity index (χ2v) is 11.3. The summed E-state index contributed by atoms with van der Waals surface area (Å²) in [6.07, 6.45) is 0. The van der Waals surface area contributed by atoms with Gasteiger partial charge in [0, 0.05) is 10.8 Å². The predicted molar refractivity (Wildman–Crippen MR) is 145 cm³/mol. The molecule has 0 unspecified atom stereocenters. The van der Waals surface area contributed by atoms with Crippen LogP contribution in [0.4, 0.5) is 0 Å². The first kappa shape index (κ1) is 25.9. The van der Waals surface area contributed by atoms with E-state index in [0.717, 1.165) is 44.5 Å². The second kappa shape index (κ2) is 8.48. The number of rotatable bonds is 4. The summed E-state index contributed by atoms with van der Waals surface area (Å²) in [4.78, 5) is 0. The van der Waals surface area contributed by atoms with Crippen molar-refractivity contribution < 1.29 is 10.2 Å². The maximum absolute atomic E-state index is 10.5. The maximum Gasteiger partial charge on any atom is 0.121 e. The third-order valence-electron chi connectivity index (χ3n) is 8.75. The van der Waals surface area contributed by atoms with Crippen LogP contribution in [0.25, 0.3) is 0 Å². The summed E-state index contributed by atoms with van der Waals surface area (Å²) in [6, 6.07) is 9.05. The molecular weight excluding hydrogens is 416 g/mol. The summed E-state index contributed by atoms with van der Waals surface area (Å²) in [5, 5.41) is 21.1. The van der Waals surface area contributed by atoms with Gasteiger partial charge in [-0.15, -0.1) is 0 Å². The van der Waals surface area contributed by atoms with Crippen LogP contribution in [0.2, 0.25) is 0 Å². The van der Waals surface area contributed by atoms with E-state index in [1.165, 1.54) is 22.3 Å². The molecule has 2 nitrogen and oxygen atoms in total. The van der Waals surface area contributed by atoms with Gasteiger partial charge in [0.1, 0.15) is 11.5 Å². The molecule has 0 aliphatic rings. The van der Waals surface area contributed by atoms with Crippen LogP contribution in [-0.4, -0.2) is 10.2 Å². The van der Waals surface area contributed by atoms with E-state index in [2.05, 4.69) is 79.7 Å². The molecule has 3 rings (SSSR count). The summed E-state index contributed by atoms with van der Waals surface area (Å²) in [6.45, 7) is 25.6. The molecule has 3 aromatic carbocycles. The lowest BCUT2D eigenvalue weighted by molar-refractivity contribution is 0.463. The molecule has 2 heteroatoms. The molecule has 0 radical (unpaired) electrons. The Morgan fingerprint density at radius 2 is 0.618 bits per heavy atom. The standard InChI is InChI=1S/C32H42O2/c1-17-21(5)29(33)22(6)18(2)27(17)31(9,10)25-13-15-26(16-14-25)32(11,12)28-19(3)23(7)30(34)24(8)20(28)4/h13-16,33-34H,1-12H3. The average molecular weight is 459 g/mol. The van der Waals surface area contributed by atoms with Crippen LogP contribution in [0.15, 0.2) is 24.3 Å². The molecule has 3 aromatic rings. The first-order valence-corrected chi connectivity index (χ1v) is 12.3. The third-order valence-corrected chi connectivity index (χ3v) is 8.75. The van der Waals surface area contributed by atoms with Gasteiger partial charge < -0.3 is 10.2 Å². The summed E-state index contributed by atoms with van der Waals surface area (Å²) < 4.78 is 0. The van der Waals surface area contributed by atoms with Crippen molar-refractivity contribution in [2.45, 2.75) is 93.9 Å². The Hall–Kier alpha value is -2.74. The fraction of sp³-hybridized carbons (Fsp3) is 0.438. The van der Waals surface area contributed by atoms with Crippen molar-refractivity contribution in [3.63, 3.8) is 0 Å². The third kappa shape index (κ3) is 3.72. The quantitative estimate of drug-likeness (QED) is 0.413. The topological polar surface area (TPSA) is 40.5 Å². The zero-order valence-electron chi connectivity index (χ0n) is 23.2. The van der Waals surface area contributed by atoms with Gasteiger partial charge >= 0.3 is 0 Å². The smallest absolute Gasteiger partial charge is 0.121 e. The second-order valence-electron chi connectivity index (χ2n) is 11.3. The molecule has 0 atom stereocenters. The molecule has 0 aromatic heterocycles. The molecule has 0 heterocycles. The summed E-state index contributed by atoms with van der Waals surface area (Å²) in [5.74, 6) is 0.828. The lowest BCUT2D eigenvalue weighted by Gasteiger charge is -2.34. The van der Waals surface area contributed by atoms with E-state index in [1.54, 1.807) is 0 Å². The van der Waals surface area contributed by atoms with E-state index in [9.17, 15) is 10.2 Å². The van der Waals surface area contributed by atoms with E-state index in [4.69, 9.17) is 0 Å². The molecule has 0 aliphatic carbocycles. The normalized spacial score (nSPS) is 12.4. The van der Waals surface area contributed by atoms with E-state index < -0.39 is 0 Å². The molecular formula is C32H42O2. The maximum atomic E-state index is 10.5. The molecule has 34 heavy (non-hydrogen) atoms. The molecule has 0 aliphatic heterocycles. The lowest BCUT2D eigenvalue weighted by Crippen LogP contribution is -2.25. The van der Waals surface area contributed by atoms with Crippen LogP contribution in [0.1, 0.15) is 94.5 Å². The molecule has 0 fully saturated rings. The Labute approximate surface area is 206 Å². The molecule has 182 valence electrons. The van der Waals surface area contributed by atoms with Gasteiger partial charge in [-0.05, 0) is 122 Å². The highest BCUT2D eigenvalue weighted by molar-refractivity contribution is 5.60. The van der Waals surface area contributed by atoms with Crippen LogP contribution in [0.3, 0.4) is 0 Å². The Morgan fingerprint density at radius 1 is 0.412 bits per heavy atom. The molecule has 0 bridgehead atoms. The van der Waals surface area contributed by atoms with Crippen LogP contribution < -0.4 is 0 Å². The number of aromatic hydroxyl groups is 2. The zero-order chi connectivity index (χ0) is 25.9. The van der Waals surface area contributed by atoms with E-state index in [-0.39, 0.29) is 10.8 Å². The Morgan fingerprint density at radius 3 is 0.824 bits per heavy atom. The molecule has 0 spiro atoms. The van der Waals surface area contributed by atoms with Crippen molar-refractivity contribution in [3.8, 4) is 11.5 Å². The molecule has 2 N–H and O–H groups in total. The Bertz CT molecular complexity index is 1110. The van der Waals surface area contributed by atoms with Crippen LogP contribution in [-0.2, 0) is 10.8 Å². The fourth-order valence-corrected chi connectivity index (χ4v) is 6.05. The monoisotopic (exact) mass is 458 g/mol. The molecule has 0 saturated heterocycles. The van der Waals surface area contributed by atoms with Gasteiger partial charge in [0.25, 0.3) is 0 Å². The number of hydrogen-bond donors (Lipinski definition) is 2. The van der Waals surface area contributed by atoms with Crippen molar-refractivity contribution in [2.24, 2.45) is 0 Å². The van der Waals surface area contributed by atoms with Crippen molar-refractivity contribution in [3.05, 3.63) is 91.0 Å². The van der Waals surface area contributed by atoms with Crippen molar-refractivity contribution in [2.75, 3.05) is 0 Å². The number of phenols is 2. The highest BCUT2D eigenvalue weighted by atomic mass is 16.3. The number of benzene rings is 3. The molecule has 0 saturated carbocycles. The number of phenolic OH excluding ortho intramolecular Hbond substituents is 2. The van der Waals surface area contributed by atoms with E-state index in [1.807, 2.05) is 27.7 Å². The van der Waals surface area contributed by atoms with Crippen LogP contribution in [0, 0.1) is 55.4 Å². The first-order chi connectivity index (χ1) is 15.6. The van der Waals surface area contributed by atoms with Crippen LogP contribution >= 0.6 is 0 Å². The van der Waals surface area contributed by atoms with Gasteiger partial charge in [0.2, 0.25) is 0 Å².